The summed E-state index contributed by atoms with van der Waals surface area (Å²) in [5.74, 6) is 0. The Morgan fingerprint density at radius 2 is 1.67 bits per heavy atom. The van der Waals surface area contributed by atoms with E-state index in [-0.39, 0.29) is 0 Å². The van der Waals surface area contributed by atoms with Gasteiger partial charge in [-0.2, -0.15) is 0 Å². The van der Waals surface area contributed by atoms with Crippen LogP contribution in [0.5, 0.6) is 0 Å². The zero-order valence-electron chi connectivity index (χ0n) is 11.3. The third kappa shape index (κ3) is 8.04. The standard InChI is InChI=1S/C16H24O2/c1-2-3-12-17-13-8-5-9-14-18-15-16-10-6-4-7-11-16/h2-4,6-7,10-11H,5,8-9,12-15H2,1H3/b3-2+. The highest BCUT2D eigenvalue weighted by atomic mass is 16.5. The molecule has 0 N–H and O–H groups in total. The van der Waals surface area contributed by atoms with Crippen molar-refractivity contribution in [1.82, 2.24) is 0 Å². The number of allylic oxidation sites excluding steroid dienone is 1. The van der Waals surface area contributed by atoms with Crippen molar-refractivity contribution in [1.29, 1.82) is 0 Å². The number of unbranched alkanes of at least 4 members (excludes halogenated alkanes) is 2. The molecule has 0 atom stereocenters. The third-order valence-corrected chi connectivity index (χ3v) is 2.64. The largest absolute Gasteiger partial charge is 0.377 e. The molecule has 0 aliphatic carbocycles. The summed E-state index contributed by atoms with van der Waals surface area (Å²) in [6.45, 7) is 5.15. The molecule has 0 bridgehead atoms. The SMILES string of the molecule is C/C=C/COCCCCCOCc1ccccc1. The quantitative estimate of drug-likeness (QED) is 0.461. The second kappa shape index (κ2) is 11.0. The maximum atomic E-state index is 5.61. The zero-order chi connectivity index (χ0) is 12.9. The van der Waals surface area contributed by atoms with Gasteiger partial charge in [-0.25, -0.2) is 0 Å². The van der Waals surface area contributed by atoms with Crippen LogP contribution in [0.15, 0.2) is 42.5 Å². The average Bonchev–Trinajstić information content (AvgIpc) is 2.42. The number of benzene rings is 1. The molecular weight excluding hydrogens is 224 g/mol. The Bertz CT molecular complexity index is 306. The summed E-state index contributed by atoms with van der Waals surface area (Å²) in [5.41, 5.74) is 1.24. The van der Waals surface area contributed by atoms with Crippen LogP contribution in [0.1, 0.15) is 31.7 Å². The lowest BCUT2D eigenvalue weighted by Crippen LogP contribution is -1.98. The van der Waals surface area contributed by atoms with Crippen molar-refractivity contribution in [2.75, 3.05) is 19.8 Å². The molecule has 0 aliphatic rings. The van der Waals surface area contributed by atoms with Gasteiger partial charge in [0.05, 0.1) is 13.2 Å². The monoisotopic (exact) mass is 248 g/mol. The Kier molecular flexibility index (Phi) is 9.13. The van der Waals surface area contributed by atoms with E-state index in [1.807, 2.05) is 37.3 Å². The lowest BCUT2D eigenvalue weighted by molar-refractivity contribution is 0.111. The van der Waals surface area contributed by atoms with Crippen molar-refractivity contribution < 1.29 is 9.47 Å². The van der Waals surface area contributed by atoms with E-state index in [9.17, 15) is 0 Å². The van der Waals surface area contributed by atoms with Crippen LogP contribution >= 0.6 is 0 Å². The lowest BCUT2D eigenvalue weighted by atomic mass is 10.2. The van der Waals surface area contributed by atoms with Gasteiger partial charge in [-0.3, -0.25) is 0 Å². The maximum absolute atomic E-state index is 5.61. The van der Waals surface area contributed by atoms with Crippen molar-refractivity contribution in [2.24, 2.45) is 0 Å². The molecule has 100 valence electrons. The summed E-state index contributed by atoms with van der Waals surface area (Å²) in [4.78, 5) is 0. The van der Waals surface area contributed by atoms with Crippen LogP contribution in [-0.4, -0.2) is 19.8 Å². The first-order valence-electron chi connectivity index (χ1n) is 6.74. The molecule has 0 spiro atoms. The van der Waals surface area contributed by atoms with Crippen molar-refractivity contribution in [3.8, 4) is 0 Å². The van der Waals surface area contributed by atoms with Gasteiger partial charge in [0.15, 0.2) is 0 Å². The highest BCUT2D eigenvalue weighted by Gasteiger charge is 1.93. The molecule has 2 heteroatoms. The van der Waals surface area contributed by atoms with Gasteiger partial charge in [0.2, 0.25) is 0 Å². The number of rotatable bonds is 10. The van der Waals surface area contributed by atoms with Gasteiger partial charge < -0.3 is 9.47 Å². The predicted molar refractivity (Wildman–Crippen MR) is 75.6 cm³/mol. The number of ether oxygens (including phenoxy) is 2. The second-order valence-corrected chi connectivity index (χ2v) is 4.24. The molecule has 1 rings (SSSR count). The Labute approximate surface area is 111 Å². The molecule has 0 fully saturated rings. The van der Waals surface area contributed by atoms with Crippen LogP contribution in [0.25, 0.3) is 0 Å². The first-order valence-corrected chi connectivity index (χ1v) is 6.74. The molecule has 0 radical (unpaired) electrons. The summed E-state index contributed by atoms with van der Waals surface area (Å²) in [7, 11) is 0. The van der Waals surface area contributed by atoms with Gasteiger partial charge in [-0.1, -0.05) is 42.5 Å². The van der Waals surface area contributed by atoms with Crippen LogP contribution in [0.2, 0.25) is 0 Å². The Hall–Kier alpha value is -1.12. The normalized spacial score (nSPS) is 11.2. The molecule has 0 unspecified atom stereocenters. The van der Waals surface area contributed by atoms with E-state index in [1.54, 1.807) is 0 Å². The second-order valence-electron chi connectivity index (χ2n) is 4.24. The maximum Gasteiger partial charge on any atom is 0.0716 e. The molecule has 0 heterocycles. The van der Waals surface area contributed by atoms with Crippen molar-refractivity contribution >= 4 is 0 Å². The highest BCUT2D eigenvalue weighted by molar-refractivity contribution is 5.13. The van der Waals surface area contributed by atoms with E-state index in [4.69, 9.17) is 9.47 Å². The molecule has 0 amide bonds. The molecular formula is C16H24O2. The fourth-order valence-corrected chi connectivity index (χ4v) is 1.60. The first kappa shape index (κ1) is 14.9. The average molecular weight is 248 g/mol. The molecule has 0 aliphatic heterocycles. The predicted octanol–water partition coefficient (Wildman–Crippen LogP) is 3.97. The van der Waals surface area contributed by atoms with E-state index in [2.05, 4.69) is 12.1 Å². The molecule has 2 nitrogen and oxygen atoms in total. The van der Waals surface area contributed by atoms with Gasteiger partial charge in [0, 0.05) is 13.2 Å². The van der Waals surface area contributed by atoms with Gasteiger partial charge in [0.1, 0.15) is 0 Å². The fraction of sp³-hybridized carbons (Fsp3) is 0.500. The topological polar surface area (TPSA) is 18.5 Å². The minimum atomic E-state index is 0.721. The van der Waals surface area contributed by atoms with E-state index in [0.717, 1.165) is 39.3 Å². The molecule has 18 heavy (non-hydrogen) atoms. The fourth-order valence-electron chi connectivity index (χ4n) is 1.60. The van der Waals surface area contributed by atoms with Gasteiger partial charge in [-0.05, 0) is 31.7 Å². The Balaban J connectivity index is 1.84. The number of hydrogen-bond acceptors (Lipinski definition) is 2. The minimum Gasteiger partial charge on any atom is -0.377 e. The van der Waals surface area contributed by atoms with E-state index < -0.39 is 0 Å². The van der Waals surface area contributed by atoms with Crippen LogP contribution in [-0.2, 0) is 16.1 Å². The van der Waals surface area contributed by atoms with Crippen molar-refractivity contribution in [3.05, 3.63) is 48.0 Å². The van der Waals surface area contributed by atoms with Crippen molar-refractivity contribution in [2.45, 2.75) is 32.8 Å². The van der Waals surface area contributed by atoms with Gasteiger partial charge in [0.25, 0.3) is 0 Å². The molecule has 0 saturated carbocycles. The van der Waals surface area contributed by atoms with Crippen LogP contribution in [0.4, 0.5) is 0 Å². The lowest BCUT2D eigenvalue weighted by Gasteiger charge is -2.04. The summed E-state index contributed by atoms with van der Waals surface area (Å²) in [6, 6.07) is 10.3. The number of hydrogen-bond donors (Lipinski definition) is 0. The summed E-state index contributed by atoms with van der Waals surface area (Å²) < 4.78 is 11.0. The summed E-state index contributed by atoms with van der Waals surface area (Å²) in [6.07, 6.45) is 7.44. The van der Waals surface area contributed by atoms with Crippen LogP contribution in [0, 0.1) is 0 Å². The molecule has 0 aromatic heterocycles. The third-order valence-electron chi connectivity index (χ3n) is 2.64. The molecule has 1 aromatic carbocycles. The zero-order valence-corrected chi connectivity index (χ0v) is 11.3. The van der Waals surface area contributed by atoms with Crippen LogP contribution in [0.3, 0.4) is 0 Å². The van der Waals surface area contributed by atoms with Gasteiger partial charge in [-0.15, -0.1) is 0 Å². The Morgan fingerprint density at radius 3 is 2.39 bits per heavy atom. The minimum absolute atomic E-state index is 0.721. The summed E-state index contributed by atoms with van der Waals surface area (Å²) in [5, 5.41) is 0. The van der Waals surface area contributed by atoms with E-state index in [1.165, 1.54) is 12.0 Å². The van der Waals surface area contributed by atoms with E-state index in [0.29, 0.717) is 0 Å². The van der Waals surface area contributed by atoms with Crippen LogP contribution < -0.4 is 0 Å². The summed E-state index contributed by atoms with van der Waals surface area (Å²) >= 11 is 0. The van der Waals surface area contributed by atoms with Gasteiger partial charge >= 0.3 is 0 Å². The highest BCUT2D eigenvalue weighted by Crippen LogP contribution is 2.02. The van der Waals surface area contributed by atoms with Crippen molar-refractivity contribution in [3.63, 3.8) is 0 Å². The molecule has 1 aromatic rings. The molecule has 0 saturated heterocycles. The first-order chi connectivity index (χ1) is 8.93. The smallest absolute Gasteiger partial charge is 0.0716 e. The van der Waals surface area contributed by atoms with E-state index >= 15 is 0 Å². The Morgan fingerprint density at radius 1 is 0.944 bits per heavy atom.